The van der Waals surface area contributed by atoms with Crippen molar-refractivity contribution in [2.75, 3.05) is 0 Å². The molecule has 5 aromatic carbocycles. The maximum Gasteiger partial charge on any atom is 0.335 e. The van der Waals surface area contributed by atoms with Crippen molar-refractivity contribution >= 4 is 46.9 Å². The normalized spacial score (nSPS) is 13.1. The molecule has 2 N–H and O–H groups in total. The fourth-order valence-corrected chi connectivity index (χ4v) is 6.78. The Morgan fingerprint density at radius 3 is 2.24 bits per heavy atom. The zero-order valence-electron chi connectivity index (χ0n) is 27.3. The van der Waals surface area contributed by atoms with Crippen molar-refractivity contribution in [2.45, 2.75) is 51.3 Å². The first-order chi connectivity index (χ1) is 23.9. The number of aromatic nitrogens is 2. The van der Waals surface area contributed by atoms with Gasteiger partial charge in [-0.25, -0.2) is 9.78 Å². The molecule has 9 heteroatoms. The number of carbonyl (C=O) groups excluding carboxylic acids is 1. The second-order valence-corrected chi connectivity index (χ2v) is 12.9. The number of nitrogens with one attached hydrogen (secondary N) is 1. The molecule has 254 valence electrons. The number of halogens is 2. The first kappa shape index (κ1) is 34.7. The number of carbonyl (C=O) groups is 2. The van der Waals surface area contributed by atoms with Crippen molar-refractivity contribution < 1.29 is 19.4 Å². The van der Waals surface area contributed by atoms with E-state index in [0.717, 1.165) is 64.8 Å². The first-order valence-corrected chi connectivity index (χ1v) is 17.0. The summed E-state index contributed by atoms with van der Waals surface area (Å²) < 4.78 is 8.62. The largest absolute Gasteiger partial charge is 0.489 e. The molecule has 1 aliphatic rings. The third-order valence-corrected chi connectivity index (χ3v) is 9.45. The lowest BCUT2D eigenvalue weighted by atomic mass is 9.95. The molecule has 1 aromatic heterocycles. The van der Waals surface area contributed by atoms with Gasteiger partial charge in [-0.2, -0.15) is 0 Å². The van der Waals surface area contributed by atoms with Crippen LogP contribution in [0.4, 0.5) is 0 Å². The van der Waals surface area contributed by atoms with Crippen molar-refractivity contribution in [3.05, 3.63) is 143 Å². The molecule has 0 spiro atoms. The third-order valence-electron chi connectivity index (χ3n) is 9.20. The molecular weight excluding hydrogens is 669 g/mol. The summed E-state index contributed by atoms with van der Waals surface area (Å²) in [6, 6.07) is 36.5. The average molecular weight is 707 g/mol. The highest BCUT2D eigenvalue weighted by Crippen LogP contribution is 2.37. The van der Waals surface area contributed by atoms with Gasteiger partial charge < -0.3 is 19.7 Å². The molecular formula is C41H37Cl2N3O4. The van der Waals surface area contributed by atoms with Crippen molar-refractivity contribution in [2.24, 2.45) is 0 Å². The Morgan fingerprint density at radius 2 is 1.52 bits per heavy atom. The van der Waals surface area contributed by atoms with Crippen molar-refractivity contribution in [1.82, 2.24) is 14.9 Å². The molecule has 1 aliphatic carbocycles. The van der Waals surface area contributed by atoms with Gasteiger partial charge in [0.15, 0.2) is 0 Å². The molecule has 0 saturated heterocycles. The van der Waals surface area contributed by atoms with Crippen LogP contribution in [0.5, 0.6) is 5.75 Å². The van der Waals surface area contributed by atoms with Gasteiger partial charge in [-0.15, -0.1) is 12.4 Å². The van der Waals surface area contributed by atoms with E-state index >= 15 is 0 Å². The Bertz CT molecular complexity index is 2110. The highest BCUT2D eigenvalue weighted by atomic mass is 35.5. The van der Waals surface area contributed by atoms with E-state index in [1.54, 1.807) is 12.1 Å². The number of hydrogen-bond donors (Lipinski definition) is 2. The molecule has 0 radical (unpaired) electrons. The van der Waals surface area contributed by atoms with Crippen LogP contribution in [0.15, 0.2) is 115 Å². The van der Waals surface area contributed by atoms with Crippen LogP contribution in [-0.4, -0.2) is 26.5 Å². The number of amides is 1. The Kier molecular flexibility index (Phi) is 10.9. The van der Waals surface area contributed by atoms with Gasteiger partial charge in [0.1, 0.15) is 18.2 Å². The number of carboxylic acids is 1. The number of ether oxygens (including phenoxy) is 1. The minimum atomic E-state index is -0.963. The topological polar surface area (TPSA) is 93.5 Å². The number of nitrogens with zero attached hydrogens (tertiary/aromatic N) is 2. The van der Waals surface area contributed by atoms with E-state index in [1.807, 2.05) is 103 Å². The van der Waals surface area contributed by atoms with Crippen LogP contribution >= 0.6 is 24.0 Å². The van der Waals surface area contributed by atoms with E-state index in [-0.39, 0.29) is 30.5 Å². The second-order valence-electron chi connectivity index (χ2n) is 12.5. The van der Waals surface area contributed by atoms with E-state index < -0.39 is 5.97 Å². The lowest BCUT2D eigenvalue weighted by molar-refractivity contribution is 0.0696. The number of benzene rings is 5. The van der Waals surface area contributed by atoms with Crippen LogP contribution in [-0.2, 0) is 13.2 Å². The van der Waals surface area contributed by atoms with Crippen molar-refractivity contribution in [3.8, 4) is 28.3 Å². The fraction of sp³-hybridized carbons (Fsp3) is 0.195. The van der Waals surface area contributed by atoms with E-state index in [0.29, 0.717) is 34.4 Å². The predicted molar refractivity (Wildman–Crippen MR) is 200 cm³/mol. The van der Waals surface area contributed by atoms with Gasteiger partial charge in [0.2, 0.25) is 0 Å². The maximum atomic E-state index is 13.2. The molecule has 0 unspecified atom stereocenters. The molecule has 50 heavy (non-hydrogen) atoms. The summed E-state index contributed by atoms with van der Waals surface area (Å²) in [5, 5.41) is 13.2. The van der Waals surface area contributed by atoms with Gasteiger partial charge in [-0.05, 0) is 102 Å². The summed E-state index contributed by atoms with van der Waals surface area (Å²) in [6.07, 6.45) is 5.70. The summed E-state index contributed by atoms with van der Waals surface area (Å²) >= 11 is 6.18. The Hall–Kier alpha value is -5.11. The third kappa shape index (κ3) is 7.70. The molecule has 1 amide bonds. The Balaban J connectivity index is 0.00000432. The van der Waals surface area contributed by atoms with Crippen LogP contribution in [0.1, 0.15) is 70.0 Å². The summed E-state index contributed by atoms with van der Waals surface area (Å²) in [5.41, 5.74) is 7.17. The Morgan fingerprint density at radius 1 is 0.820 bits per heavy atom. The number of aromatic carboxylic acids is 1. The quantitative estimate of drug-likeness (QED) is 0.148. The second kappa shape index (κ2) is 15.6. The SMILES string of the molecule is Cl.O=C(O)c1ccc2c(c1)nc(-c1ccc(OCc3cc(C(=O)NCc4ccccc4)ccc3-c3ccc(Cl)cc3)cc1)n2C1CCCCC1. The molecule has 6 aromatic rings. The fourth-order valence-electron chi connectivity index (χ4n) is 6.65. The van der Waals surface area contributed by atoms with Crippen molar-refractivity contribution in [3.63, 3.8) is 0 Å². The van der Waals surface area contributed by atoms with Gasteiger partial charge in [0, 0.05) is 28.7 Å². The van der Waals surface area contributed by atoms with Crippen LogP contribution < -0.4 is 10.1 Å². The number of imidazole rings is 1. The molecule has 1 saturated carbocycles. The smallest absolute Gasteiger partial charge is 0.335 e. The summed E-state index contributed by atoms with van der Waals surface area (Å²) in [7, 11) is 0. The summed E-state index contributed by atoms with van der Waals surface area (Å²) in [5.74, 6) is 0.386. The standard InChI is InChI=1S/C41H36ClN3O4.ClH/c42-33-17-11-28(12-18-33)36-21-15-30(40(46)43-25-27-7-3-1-4-8-27)23-32(36)26-49-35-19-13-29(14-20-35)39-44-37-24-31(41(47)48)16-22-38(37)45(39)34-9-5-2-6-10-34;/h1,3-4,7-8,11-24,34H,2,5-6,9-10,25-26H2,(H,43,46)(H,47,48);1H. The summed E-state index contributed by atoms with van der Waals surface area (Å²) in [6.45, 7) is 0.682. The predicted octanol–water partition coefficient (Wildman–Crippen LogP) is 10.2. The number of hydrogen-bond acceptors (Lipinski definition) is 4. The number of fused-ring (bicyclic) bond motifs is 1. The summed E-state index contributed by atoms with van der Waals surface area (Å²) in [4.78, 5) is 29.8. The highest BCUT2D eigenvalue weighted by Gasteiger charge is 2.23. The molecule has 0 atom stereocenters. The minimum Gasteiger partial charge on any atom is -0.489 e. The van der Waals surface area contributed by atoms with Gasteiger partial charge in [-0.1, -0.05) is 79.4 Å². The van der Waals surface area contributed by atoms with Crippen LogP contribution in [0.3, 0.4) is 0 Å². The van der Waals surface area contributed by atoms with Crippen molar-refractivity contribution in [1.29, 1.82) is 0 Å². The van der Waals surface area contributed by atoms with E-state index in [2.05, 4.69) is 9.88 Å². The molecule has 0 bridgehead atoms. The van der Waals surface area contributed by atoms with E-state index in [1.165, 1.54) is 6.42 Å². The van der Waals surface area contributed by atoms with E-state index in [9.17, 15) is 14.7 Å². The van der Waals surface area contributed by atoms with E-state index in [4.69, 9.17) is 21.3 Å². The van der Waals surface area contributed by atoms with Gasteiger partial charge in [0.25, 0.3) is 5.91 Å². The molecule has 7 rings (SSSR count). The molecule has 1 fully saturated rings. The maximum absolute atomic E-state index is 13.2. The van der Waals surface area contributed by atoms with Crippen LogP contribution in [0.2, 0.25) is 5.02 Å². The van der Waals surface area contributed by atoms with Crippen LogP contribution in [0.25, 0.3) is 33.5 Å². The lowest BCUT2D eigenvalue weighted by Crippen LogP contribution is -2.23. The highest BCUT2D eigenvalue weighted by molar-refractivity contribution is 6.30. The molecule has 0 aliphatic heterocycles. The average Bonchev–Trinajstić information content (AvgIpc) is 3.53. The number of rotatable bonds is 10. The Labute approximate surface area is 302 Å². The lowest BCUT2D eigenvalue weighted by Gasteiger charge is -2.25. The monoisotopic (exact) mass is 705 g/mol. The molecule has 1 heterocycles. The molecule has 7 nitrogen and oxygen atoms in total. The zero-order chi connectivity index (χ0) is 33.7. The van der Waals surface area contributed by atoms with Gasteiger partial charge in [-0.3, -0.25) is 4.79 Å². The minimum absolute atomic E-state index is 0. The van der Waals surface area contributed by atoms with Crippen LogP contribution in [0, 0.1) is 0 Å². The zero-order valence-corrected chi connectivity index (χ0v) is 28.9. The van der Waals surface area contributed by atoms with Gasteiger partial charge in [0.05, 0.1) is 16.6 Å². The first-order valence-electron chi connectivity index (χ1n) is 16.6. The number of carboxylic acid groups (broad SMARTS) is 1. The van der Waals surface area contributed by atoms with Gasteiger partial charge >= 0.3 is 5.97 Å².